The summed E-state index contributed by atoms with van der Waals surface area (Å²) in [6.45, 7) is 3.82. The Kier molecular flexibility index (Phi) is 5.37. The van der Waals surface area contributed by atoms with Gasteiger partial charge in [-0.1, -0.05) is 17.7 Å². The summed E-state index contributed by atoms with van der Waals surface area (Å²) >= 11 is 0.942. The van der Waals surface area contributed by atoms with Crippen molar-refractivity contribution in [3.63, 3.8) is 0 Å². The van der Waals surface area contributed by atoms with Crippen LogP contribution in [0.3, 0.4) is 0 Å². The highest BCUT2D eigenvalue weighted by atomic mass is 32.2. The van der Waals surface area contributed by atoms with Gasteiger partial charge in [-0.15, -0.1) is 11.8 Å². The Labute approximate surface area is 154 Å². The standard InChI is InChI=1S/C19H17F2N3OS/c1-12-3-6-15(7-4-12)24-18(9-13(2)23-24)22-19(25)11-26-17-10-14(20)5-8-16(17)21/h3-10H,11H2,1-2H3,(H,22,25). The van der Waals surface area contributed by atoms with E-state index in [1.54, 1.807) is 10.7 Å². The second-order valence-electron chi connectivity index (χ2n) is 5.83. The van der Waals surface area contributed by atoms with Gasteiger partial charge in [0, 0.05) is 11.0 Å². The molecule has 1 aromatic heterocycles. The van der Waals surface area contributed by atoms with Crippen LogP contribution in [0.25, 0.3) is 5.69 Å². The molecule has 1 heterocycles. The fourth-order valence-electron chi connectivity index (χ4n) is 2.38. The maximum Gasteiger partial charge on any atom is 0.235 e. The van der Waals surface area contributed by atoms with Gasteiger partial charge in [0.1, 0.15) is 17.5 Å². The number of carbonyl (C=O) groups excluding carboxylic acids is 1. The van der Waals surface area contributed by atoms with Crippen LogP contribution in [0.1, 0.15) is 11.3 Å². The molecule has 0 radical (unpaired) electrons. The lowest BCUT2D eigenvalue weighted by molar-refractivity contribution is -0.113. The predicted molar refractivity (Wildman–Crippen MR) is 98.7 cm³/mol. The van der Waals surface area contributed by atoms with Crippen molar-refractivity contribution in [2.75, 3.05) is 11.1 Å². The van der Waals surface area contributed by atoms with Crippen molar-refractivity contribution in [2.24, 2.45) is 0 Å². The van der Waals surface area contributed by atoms with Gasteiger partial charge in [-0.2, -0.15) is 5.10 Å². The Balaban J connectivity index is 1.71. The average molecular weight is 373 g/mol. The molecule has 26 heavy (non-hydrogen) atoms. The van der Waals surface area contributed by atoms with Gasteiger partial charge in [-0.05, 0) is 44.2 Å². The zero-order valence-corrected chi connectivity index (χ0v) is 15.1. The molecule has 0 saturated carbocycles. The zero-order chi connectivity index (χ0) is 18.7. The fourth-order valence-corrected chi connectivity index (χ4v) is 3.14. The molecule has 1 amide bonds. The third kappa shape index (κ3) is 4.29. The number of thioether (sulfide) groups is 1. The van der Waals surface area contributed by atoms with Gasteiger partial charge in [0.05, 0.1) is 17.1 Å². The van der Waals surface area contributed by atoms with E-state index in [4.69, 9.17) is 0 Å². The first kappa shape index (κ1) is 18.1. The second kappa shape index (κ2) is 7.70. The highest BCUT2D eigenvalue weighted by molar-refractivity contribution is 8.00. The zero-order valence-electron chi connectivity index (χ0n) is 14.3. The van der Waals surface area contributed by atoms with E-state index < -0.39 is 11.6 Å². The number of benzene rings is 2. The molecule has 4 nitrogen and oxygen atoms in total. The van der Waals surface area contributed by atoms with Crippen LogP contribution in [-0.4, -0.2) is 21.4 Å². The molecule has 0 aliphatic heterocycles. The maximum absolute atomic E-state index is 13.6. The third-order valence-corrected chi connectivity index (χ3v) is 4.66. The molecule has 0 aliphatic carbocycles. The summed E-state index contributed by atoms with van der Waals surface area (Å²) in [6.07, 6.45) is 0. The first-order valence-electron chi connectivity index (χ1n) is 7.94. The van der Waals surface area contributed by atoms with E-state index in [1.165, 1.54) is 0 Å². The SMILES string of the molecule is Cc1ccc(-n2nc(C)cc2NC(=O)CSc2cc(F)ccc2F)cc1. The number of carbonyl (C=O) groups is 1. The fraction of sp³-hybridized carbons (Fsp3) is 0.158. The van der Waals surface area contributed by atoms with Crippen molar-refractivity contribution >= 4 is 23.5 Å². The van der Waals surface area contributed by atoms with Crippen molar-refractivity contribution in [3.8, 4) is 5.69 Å². The van der Waals surface area contributed by atoms with Gasteiger partial charge in [-0.25, -0.2) is 13.5 Å². The molecule has 0 atom stereocenters. The van der Waals surface area contributed by atoms with E-state index in [9.17, 15) is 13.6 Å². The maximum atomic E-state index is 13.6. The highest BCUT2D eigenvalue weighted by Gasteiger charge is 2.13. The first-order chi connectivity index (χ1) is 12.4. The summed E-state index contributed by atoms with van der Waals surface area (Å²) in [4.78, 5) is 12.3. The van der Waals surface area contributed by atoms with Gasteiger partial charge in [0.15, 0.2) is 0 Å². The van der Waals surface area contributed by atoms with E-state index in [-0.39, 0.29) is 16.6 Å². The molecule has 0 unspecified atom stereocenters. The number of aryl methyl sites for hydroxylation is 2. The van der Waals surface area contributed by atoms with Crippen LogP contribution in [-0.2, 0) is 4.79 Å². The minimum atomic E-state index is -0.551. The molecule has 1 N–H and O–H groups in total. The number of amides is 1. The molecule has 3 rings (SSSR count). The minimum Gasteiger partial charge on any atom is -0.310 e. The number of hydrogen-bond acceptors (Lipinski definition) is 3. The Morgan fingerprint density at radius 2 is 1.85 bits per heavy atom. The van der Waals surface area contributed by atoms with E-state index in [0.717, 1.165) is 46.9 Å². The Bertz CT molecular complexity index is 938. The van der Waals surface area contributed by atoms with Crippen molar-refractivity contribution in [1.29, 1.82) is 0 Å². The number of rotatable bonds is 5. The van der Waals surface area contributed by atoms with Crippen LogP contribution in [0, 0.1) is 25.5 Å². The molecule has 2 aromatic carbocycles. The van der Waals surface area contributed by atoms with Crippen molar-refractivity contribution < 1.29 is 13.6 Å². The predicted octanol–water partition coefficient (Wildman–Crippen LogP) is 4.50. The summed E-state index contributed by atoms with van der Waals surface area (Å²) in [7, 11) is 0. The molecule has 0 spiro atoms. The van der Waals surface area contributed by atoms with Crippen LogP contribution in [0.2, 0.25) is 0 Å². The summed E-state index contributed by atoms with van der Waals surface area (Å²) in [5.74, 6) is -0.936. The van der Waals surface area contributed by atoms with E-state index in [1.807, 2.05) is 38.1 Å². The third-order valence-electron chi connectivity index (χ3n) is 3.63. The van der Waals surface area contributed by atoms with Crippen LogP contribution in [0.4, 0.5) is 14.6 Å². The summed E-state index contributed by atoms with van der Waals surface area (Å²) in [5.41, 5.74) is 2.70. The number of nitrogens with zero attached hydrogens (tertiary/aromatic N) is 2. The number of halogens is 2. The van der Waals surface area contributed by atoms with Gasteiger partial charge >= 0.3 is 0 Å². The van der Waals surface area contributed by atoms with Gasteiger partial charge in [0.25, 0.3) is 0 Å². The lowest BCUT2D eigenvalue weighted by Gasteiger charge is -2.09. The van der Waals surface area contributed by atoms with E-state index in [2.05, 4.69) is 10.4 Å². The summed E-state index contributed by atoms with van der Waals surface area (Å²) in [6, 6.07) is 12.7. The van der Waals surface area contributed by atoms with Crippen LogP contribution >= 0.6 is 11.8 Å². The van der Waals surface area contributed by atoms with Crippen molar-refractivity contribution in [1.82, 2.24) is 9.78 Å². The Morgan fingerprint density at radius 3 is 2.58 bits per heavy atom. The van der Waals surface area contributed by atoms with Crippen LogP contribution in [0.5, 0.6) is 0 Å². The van der Waals surface area contributed by atoms with Crippen LogP contribution < -0.4 is 5.32 Å². The summed E-state index contributed by atoms with van der Waals surface area (Å²) < 4.78 is 28.5. The van der Waals surface area contributed by atoms with Gasteiger partial charge in [0.2, 0.25) is 5.91 Å². The van der Waals surface area contributed by atoms with E-state index in [0.29, 0.717) is 5.82 Å². The number of nitrogens with one attached hydrogen (secondary N) is 1. The number of anilines is 1. The lowest BCUT2D eigenvalue weighted by atomic mass is 10.2. The second-order valence-corrected chi connectivity index (χ2v) is 6.85. The molecule has 7 heteroatoms. The quantitative estimate of drug-likeness (QED) is 0.670. The van der Waals surface area contributed by atoms with Crippen LogP contribution in [0.15, 0.2) is 53.4 Å². The largest absolute Gasteiger partial charge is 0.310 e. The summed E-state index contributed by atoms with van der Waals surface area (Å²) in [5, 5.41) is 7.17. The number of aromatic nitrogens is 2. The molecule has 3 aromatic rings. The van der Waals surface area contributed by atoms with Crippen molar-refractivity contribution in [3.05, 3.63) is 71.4 Å². The molecule has 0 aliphatic rings. The highest BCUT2D eigenvalue weighted by Crippen LogP contribution is 2.23. The molecule has 0 saturated heterocycles. The molecular weight excluding hydrogens is 356 g/mol. The van der Waals surface area contributed by atoms with E-state index >= 15 is 0 Å². The van der Waals surface area contributed by atoms with Gasteiger partial charge in [-0.3, -0.25) is 4.79 Å². The van der Waals surface area contributed by atoms with Gasteiger partial charge < -0.3 is 5.32 Å². The minimum absolute atomic E-state index is 0.0432. The Hall–Kier alpha value is -2.67. The topological polar surface area (TPSA) is 46.9 Å². The Morgan fingerprint density at radius 1 is 1.12 bits per heavy atom. The average Bonchev–Trinajstić information content (AvgIpc) is 2.96. The van der Waals surface area contributed by atoms with Crippen molar-refractivity contribution in [2.45, 2.75) is 18.7 Å². The lowest BCUT2D eigenvalue weighted by Crippen LogP contribution is -2.17. The molecule has 0 fully saturated rings. The normalized spacial score (nSPS) is 10.8. The first-order valence-corrected chi connectivity index (χ1v) is 8.92. The number of hydrogen-bond donors (Lipinski definition) is 1. The molecular formula is C19H17F2N3OS. The smallest absolute Gasteiger partial charge is 0.235 e. The molecule has 134 valence electrons. The monoisotopic (exact) mass is 373 g/mol. The molecule has 0 bridgehead atoms.